The summed E-state index contributed by atoms with van der Waals surface area (Å²) < 4.78 is 2.35. The smallest absolute Gasteiger partial charge is 0.0673 e. The summed E-state index contributed by atoms with van der Waals surface area (Å²) in [6.45, 7) is 0. The van der Waals surface area contributed by atoms with E-state index in [4.69, 9.17) is 23.2 Å². The van der Waals surface area contributed by atoms with Crippen molar-refractivity contribution in [1.29, 1.82) is 0 Å². The van der Waals surface area contributed by atoms with Crippen LogP contribution in [0.25, 0.3) is 10.1 Å². The van der Waals surface area contributed by atoms with Crippen LogP contribution < -0.4 is 0 Å². The lowest BCUT2D eigenvalue weighted by Gasteiger charge is -2.12. The third-order valence-corrected chi connectivity index (χ3v) is 6.90. The molecule has 0 saturated heterocycles. The zero-order valence-corrected chi connectivity index (χ0v) is 15.5. The van der Waals surface area contributed by atoms with Gasteiger partial charge in [0.05, 0.1) is 14.9 Å². The first-order valence-corrected chi connectivity index (χ1v) is 9.17. The Morgan fingerprint density at radius 3 is 2.55 bits per heavy atom. The number of halogens is 4. The number of alkyl halides is 1. The fraction of sp³-hybridized carbons (Fsp3) is 0.0667. The maximum absolute atomic E-state index is 6.32. The third-order valence-electron chi connectivity index (χ3n) is 3.11. The van der Waals surface area contributed by atoms with Gasteiger partial charge in [-0.1, -0.05) is 63.4 Å². The van der Waals surface area contributed by atoms with E-state index >= 15 is 0 Å². The number of hydrogen-bond donors (Lipinski definition) is 0. The summed E-state index contributed by atoms with van der Waals surface area (Å²) in [4.78, 5) is 0.0248. The highest BCUT2D eigenvalue weighted by Crippen LogP contribution is 2.43. The van der Waals surface area contributed by atoms with Crippen LogP contribution in [0.3, 0.4) is 0 Å². The van der Waals surface area contributed by atoms with Gasteiger partial charge in [0.25, 0.3) is 0 Å². The Balaban J connectivity index is 2.16. The van der Waals surface area contributed by atoms with E-state index in [2.05, 4.69) is 49.4 Å². The lowest BCUT2D eigenvalue weighted by molar-refractivity contribution is 1.21. The van der Waals surface area contributed by atoms with Crippen LogP contribution in [-0.2, 0) is 0 Å². The van der Waals surface area contributed by atoms with Crippen molar-refractivity contribution < 1.29 is 0 Å². The normalized spacial score (nSPS) is 12.8. The van der Waals surface area contributed by atoms with Gasteiger partial charge in [-0.05, 0) is 50.0 Å². The molecule has 1 unspecified atom stereocenters. The maximum Gasteiger partial charge on any atom is 0.0673 e. The molecule has 1 atom stereocenters. The van der Waals surface area contributed by atoms with Crippen molar-refractivity contribution in [1.82, 2.24) is 0 Å². The van der Waals surface area contributed by atoms with Gasteiger partial charge in [-0.2, -0.15) is 0 Å². The van der Waals surface area contributed by atoms with Gasteiger partial charge in [0.1, 0.15) is 0 Å². The van der Waals surface area contributed by atoms with Gasteiger partial charge in [0.2, 0.25) is 0 Å². The molecule has 5 heteroatoms. The van der Waals surface area contributed by atoms with Crippen molar-refractivity contribution in [2.75, 3.05) is 0 Å². The molecule has 0 fully saturated rings. The van der Waals surface area contributed by atoms with Crippen LogP contribution in [0.15, 0.2) is 46.3 Å². The Labute approximate surface area is 148 Å². The van der Waals surface area contributed by atoms with E-state index in [0.29, 0.717) is 10.0 Å². The summed E-state index contributed by atoms with van der Waals surface area (Å²) in [7, 11) is 0. The largest absolute Gasteiger partial charge is 0.142 e. The van der Waals surface area contributed by atoms with Crippen molar-refractivity contribution >= 4 is 76.5 Å². The number of thiophene rings is 1. The maximum atomic E-state index is 6.32. The van der Waals surface area contributed by atoms with Gasteiger partial charge in [-0.15, -0.1) is 11.3 Å². The minimum absolute atomic E-state index is 0.0248. The molecule has 2 aromatic carbocycles. The van der Waals surface area contributed by atoms with Crippen molar-refractivity contribution in [2.45, 2.75) is 4.83 Å². The van der Waals surface area contributed by atoms with Crippen LogP contribution in [0.1, 0.15) is 16.0 Å². The number of fused-ring (bicyclic) bond motifs is 1. The number of benzene rings is 2. The zero-order chi connectivity index (χ0) is 14.3. The quantitative estimate of drug-likeness (QED) is 0.355. The first kappa shape index (κ1) is 14.9. The van der Waals surface area contributed by atoms with Gasteiger partial charge in [0.15, 0.2) is 0 Å². The fourth-order valence-corrected chi connectivity index (χ4v) is 5.25. The van der Waals surface area contributed by atoms with Gasteiger partial charge in [-0.25, -0.2) is 0 Å². The highest BCUT2D eigenvalue weighted by Gasteiger charge is 2.19. The molecular weight excluding hydrogens is 443 g/mol. The standard InChI is InChI=1S/C15H8Br2Cl2S/c16-11-5-1-3-8-10(7-20-15(8)11)13(17)9-4-2-6-12(18)14(9)19/h1-7,13H. The topological polar surface area (TPSA) is 0 Å². The summed E-state index contributed by atoms with van der Waals surface area (Å²) in [5.74, 6) is 0. The second-order valence-electron chi connectivity index (χ2n) is 4.31. The molecule has 0 spiro atoms. The average molecular weight is 451 g/mol. The van der Waals surface area contributed by atoms with Crippen molar-refractivity contribution in [2.24, 2.45) is 0 Å². The van der Waals surface area contributed by atoms with E-state index in [-0.39, 0.29) is 4.83 Å². The molecule has 1 heterocycles. The Morgan fingerprint density at radius 1 is 1.00 bits per heavy atom. The number of hydrogen-bond acceptors (Lipinski definition) is 1. The van der Waals surface area contributed by atoms with Crippen LogP contribution in [0.4, 0.5) is 0 Å². The molecule has 0 radical (unpaired) electrons. The molecule has 3 aromatic rings. The summed E-state index contributed by atoms with van der Waals surface area (Å²) in [5.41, 5.74) is 2.19. The minimum Gasteiger partial charge on any atom is -0.142 e. The predicted octanol–water partition coefficient (Wildman–Crippen LogP) is 7.45. The highest BCUT2D eigenvalue weighted by atomic mass is 79.9. The summed E-state index contributed by atoms with van der Waals surface area (Å²) in [6.07, 6.45) is 0. The van der Waals surface area contributed by atoms with Crippen LogP contribution >= 0.6 is 66.4 Å². The monoisotopic (exact) mass is 448 g/mol. The minimum atomic E-state index is 0.0248. The Bertz CT molecular complexity index is 783. The molecule has 0 N–H and O–H groups in total. The molecule has 0 aliphatic rings. The fourth-order valence-electron chi connectivity index (χ4n) is 2.12. The first-order valence-electron chi connectivity index (χ1n) is 5.83. The SMILES string of the molecule is Clc1cccc(C(Br)c2csc3c(Br)cccc23)c1Cl. The molecule has 0 saturated carbocycles. The van der Waals surface area contributed by atoms with Crippen LogP contribution in [0.5, 0.6) is 0 Å². The Kier molecular flexibility index (Phi) is 4.44. The third kappa shape index (κ3) is 2.55. The molecule has 0 aliphatic heterocycles. The van der Waals surface area contributed by atoms with E-state index < -0.39 is 0 Å². The predicted molar refractivity (Wildman–Crippen MR) is 96.8 cm³/mol. The van der Waals surface area contributed by atoms with E-state index in [1.807, 2.05) is 18.2 Å². The van der Waals surface area contributed by atoms with Crippen LogP contribution in [0, 0.1) is 0 Å². The van der Waals surface area contributed by atoms with E-state index in [1.165, 1.54) is 15.6 Å². The van der Waals surface area contributed by atoms with E-state index in [1.54, 1.807) is 17.4 Å². The molecule has 20 heavy (non-hydrogen) atoms. The molecular formula is C15H8Br2Cl2S. The molecule has 1 aromatic heterocycles. The van der Waals surface area contributed by atoms with Gasteiger partial charge in [0, 0.05) is 9.17 Å². The first-order chi connectivity index (χ1) is 9.59. The molecule has 0 amide bonds. The lowest BCUT2D eigenvalue weighted by Crippen LogP contribution is -1.93. The molecule has 0 aliphatic carbocycles. The average Bonchev–Trinajstić information content (AvgIpc) is 2.86. The second kappa shape index (κ2) is 5.98. The molecule has 3 rings (SSSR count). The molecule has 0 nitrogen and oxygen atoms in total. The van der Waals surface area contributed by atoms with Crippen molar-refractivity contribution in [3.8, 4) is 0 Å². The van der Waals surface area contributed by atoms with Crippen molar-refractivity contribution in [3.05, 3.63) is 67.4 Å². The Hall–Kier alpha value is -0.0600. The van der Waals surface area contributed by atoms with Gasteiger partial charge < -0.3 is 0 Å². The van der Waals surface area contributed by atoms with Crippen molar-refractivity contribution in [3.63, 3.8) is 0 Å². The molecule has 0 bridgehead atoms. The second-order valence-corrected chi connectivity index (χ2v) is 7.75. The lowest BCUT2D eigenvalue weighted by atomic mass is 10.0. The zero-order valence-electron chi connectivity index (χ0n) is 10.0. The summed E-state index contributed by atoms with van der Waals surface area (Å²) >= 11 is 21.5. The van der Waals surface area contributed by atoms with Gasteiger partial charge >= 0.3 is 0 Å². The van der Waals surface area contributed by atoms with E-state index in [0.717, 1.165) is 10.0 Å². The van der Waals surface area contributed by atoms with E-state index in [9.17, 15) is 0 Å². The number of rotatable bonds is 2. The van der Waals surface area contributed by atoms with Crippen LogP contribution in [-0.4, -0.2) is 0 Å². The van der Waals surface area contributed by atoms with Gasteiger partial charge in [-0.3, -0.25) is 0 Å². The summed E-state index contributed by atoms with van der Waals surface area (Å²) in [6, 6.07) is 11.9. The van der Waals surface area contributed by atoms with Crippen LogP contribution in [0.2, 0.25) is 10.0 Å². The Morgan fingerprint density at radius 2 is 1.75 bits per heavy atom. The molecule has 102 valence electrons. The summed E-state index contributed by atoms with van der Waals surface area (Å²) in [5, 5.41) is 4.56. The highest BCUT2D eigenvalue weighted by molar-refractivity contribution is 9.10.